The summed E-state index contributed by atoms with van der Waals surface area (Å²) in [5, 5.41) is 8.67. The zero-order chi connectivity index (χ0) is 20.5. The molecule has 5 rings (SSSR count). The van der Waals surface area contributed by atoms with Gasteiger partial charge in [-0.1, -0.05) is 6.07 Å². The van der Waals surface area contributed by atoms with Crippen LogP contribution in [0.15, 0.2) is 48.9 Å². The summed E-state index contributed by atoms with van der Waals surface area (Å²) in [6.07, 6.45) is 8.57. The molecule has 1 saturated heterocycles. The number of anilines is 1. The monoisotopic (exact) mass is 399 g/mol. The maximum atomic E-state index is 6.17. The van der Waals surface area contributed by atoms with E-state index in [9.17, 15) is 0 Å². The Bertz CT molecular complexity index is 1170. The predicted octanol–water partition coefficient (Wildman–Crippen LogP) is 3.71. The summed E-state index contributed by atoms with van der Waals surface area (Å²) in [6.45, 7) is 4.04. The molecule has 0 amide bonds. The van der Waals surface area contributed by atoms with E-state index < -0.39 is 0 Å². The summed E-state index contributed by atoms with van der Waals surface area (Å²) in [6, 6.07) is 10.4. The van der Waals surface area contributed by atoms with Gasteiger partial charge in [-0.2, -0.15) is 5.10 Å². The lowest BCUT2D eigenvalue weighted by Gasteiger charge is -2.23. The lowest BCUT2D eigenvalue weighted by molar-refractivity contribution is 0.601. The van der Waals surface area contributed by atoms with Gasteiger partial charge in [-0.3, -0.25) is 15.1 Å². The quantitative estimate of drug-likeness (QED) is 0.545. The number of aromatic nitrogens is 5. The van der Waals surface area contributed by atoms with Crippen molar-refractivity contribution in [3.05, 3.63) is 54.5 Å². The van der Waals surface area contributed by atoms with Gasteiger partial charge in [0.2, 0.25) is 0 Å². The molecule has 5 heterocycles. The minimum absolute atomic E-state index is 0.284. The zero-order valence-electron chi connectivity index (χ0n) is 17.0. The van der Waals surface area contributed by atoms with E-state index in [0.717, 1.165) is 71.7 Å². The minimum atomic E-state index is 0.284. The van der Waals surface area contributed by atoms with Crippen LogP contribution in [-0.2, 0) is 0 Å². The fourth-order valence-electron chi connectivity index (χ4n) is 4.09. The Morgan fingerprint density at radius 1 is 1.10 bits per heavy atom. The van der Waals surface area contributed by atoms with Gasteiger partial charge >= 0.3 is 0 Å². The van der Waals surface area contributed by atoms with E-state index in [4.69, 9.17) is 10.7 Å². The van der Waals surface area contributed by atoms with E-state index in [1.165, 1.54) is 5.56 Å². The van der Waals surface area contributed by atoms with Crippen molar-refractivity contribution in [1.82, 2.24) is 25.1 Å². The van der Waals surface area contributed by atoms with Crippen LogP contribution in [0.3, 0.4) is 0 Å². The molecule has 7 nitrogen and oxygen atoms in total. The van der Waals surface area contributed by atoms with Crippen molar-refractivity contribution in [2.24, 2.45) is 5.73 Å². The number of H-pyrrole nitrogens is 1. The molecule has 0 aliphatic carbocycles. The van der Waals surface area contributed by atoms with Crippen molar-refractivity contribution in [1.29, 1.82) is 0 Å². The van der Waals surface area contributed by atoms with Crippen molar-refractivity contribution in [2.75, 3.05) is 18.0 Å². The van der Waals surface area contributed by atoms with Crippen LogP contribution < -0.4 is 10.6 Å². The van der Waals surface area contributed by atoms with Gasteiger partial charge in [-0.15, -0.1) is 0 Å². The fraction of sp³-hybridized carbons (Fsp3) is 0.304. The molecule has 0 saturated carbocycles. The molecule has 3 N–H and O–H groups in total. The zero-order valence-corrected chi connectivity index (χ0v) is 17.0. The van der Waals surface area contributed by atoms with Crippen LogP contribution >= 0.6 is 0 Å². The number of aromatic amines is 1. The van der Waals surface area contributed by atoms with E-state index in [0.29, 0.717) is 0 Å². The molecule has 0 aromatic carbocycles. The SMILES string of the molecule is Cc1ccc(-c2n[nH]c3cnc(-c4cccnc4)cc23)nc1N1CCCC(N)CC1. The maximum Gasteiger partial charge on any atom is 0.132 e. The highest BCUT2D eigenvalue weighted by Gasteiger charge is 2.19. The molecule has 1 aliphatic heterocycles. The first kappa shape index (κ1) is 18.7. The second-order valence-corrected chi connectivity index (χ2v) is 7.94. The van der Waals surface area contributed by atoms with Gasteiger partial charge in [-0.05, 0) is 56.0 Å². The maximum absolute atomic E-state index is 6.17. The first-order chi connectivity index (χ1) is 14.7. The van der Waals surface area contributed by atoms with Gasteiger partial charge < -0.3 is 10.6 Å². The lowest BCUT2D eigenvalue weighted by Crippen LogP contribution is -2.27. The Morgan fingerprint density at radius 3 is 2.90 bits per heavy atom. The Balaban J connectivity index is 1.55. The average Bonchev–Trinajstić information content (AvgIpc) is 3.08. The van der Waals surface area contributed by atoms with E-state index in [1.807, 2.05) is 30.6 Å². The third kappa shape index (κ3) is 3.52. The van der Waals surface area contributed by atoms with E-state index in [2.05, 4.69) is 44.1 Å². The van der Waals surface area contributed by atoms with Gasteiger partial charge in [-0.25, -0.2) is 4.98 Å². The third-order valence-electron chi connectivity index (χ3n) is 5.79. The number of nitrogens with one attached hydrogen (secondary N) is 1. The van der Waals surface area contributed by atoms with Crippen LogP contribution in [0.5, 0.6) is 0 Å². The summed E-state index contributed by atoms with van der Waals surface area (Å²) < 4.78 is 0. The van der Waals surface area contributed by atoms with Crippen LogP contribution in [0.1, 0.15) is 24.8 Å². The number of hydrogen-bond acceptors (Lipinski definition) is 6. The number of aryl methyl sites for hydroxylation is 1. The fourth-order valence-corrected chi connectivity index (χ4v) is 4.09. The smallest absolute Gasteiger partial charge is 0.132 e. The van der Waals surface area contributed by atoms with Crippen molar-refractivity contribution in [3.8, 4) is 22.6 Å². The summed E-state index contributed by atoms with van der Waals surface area (Å²) in [5.41, 5.74) is 11.8. The molecule has 152 valence electrons. The number of fused-ring (bicyclic) bond motifs is 1. The highest BCUT2D eigenvalue weighted by molar-refractivity contribution is 5.93. The number of hydrogen-bond donors (Lipinski definition) is 2. The molecule has 4 aromatic rings. The molecule has 1 unspecified atom stereocenters. The van der Waals surface area contributed by atoms with Crippen LogP contribution in [-0.4, -0.2) is 44.3 Å². The number of nitrogens with two attached hydrogens (primary N) is 1. The van der Waals surface area contributed by atoms with Gasteiger partial charge in [0.25, 0.3) is 0 Å². The van der Waals surface area contributed by atoms with Crippen molar-refractivity contribution < 1.29 is 0 Å². The second kappa shape index (κ2) is 7.84. The summed E-state index contributed by atoms with van der Waals surface area (Å²) in [5.74, 6) is 1.03. The van der Waals surface area contributed by atoms with Gasteiger partial charge in [0.05, 0.1) is 23.1 Å². The second-order valence-electron chi connectivity index (χ2n) is 7.94. The van der Waals surface area contributed by atoms with Crippen LogP contribution in [0.4, 0.5) is 5.82 Å². The molecule has 1 atom stereocenters. The van der Waals surface area contributed by atoms with Crippen molar-refractivity contribution >= 4 is 16.7 Å². The molecule has 4 aromatic heterocycles. The Hall–Kier alpha value is -3.32. The highest BCUT2D eigenvalue weighted by Crippen LogP contribution is 2.30. The molecule has 30 heavy (non-hydrogen) atoms. The Labute approximate surface area is 175 Å². The third-order valence-corrected chi connectivity index (χ3v) is 5.79. The van der Waals surface area contributed by atoms with Gasteiger partial charge in [0.1, 0.15) is 11.5 Å². The lowest BCUT2D eigenvalue weighted by atomic mass is 10.1. The minimum Gasteiger partial charge on any atom is -0.356 e. The Kier molecular flexibility index (Phi) is 4.88. The standard InChI is InChI=1S/C23H25N7/c1-15-6-7-19(27-23(15)30-10-3-5-17(24)8-11-30)22-18-12-20(16-4-2-9-25-13-16)26-14-21(18)28-29-22/h2,4,6-7,9,12-14,17H,3,5,8,10-11,24H2,1H3,(H,28,29). The van der Waals surface area contributed by atoms with Gasteiger partial charge in [0.15, 0.2) is 0 Å². The summed E-state index contributed by atoms with van der Waals surface area (Å²) >= 11 is 0. The first-order valence-corrected chi connectivity index (χ1v) is 10.4. The van der Waals surface area contributed by atoms with Gasteiger partial charge in [0, 0.05) is 42.5 Å². The highest BCUT2D eigenvalue weighted by atomic mass is 15.2. The number of nitrogens with zero attached hydrogens (tertiary/aromatic N) is 5. The molecule has 0 radical (unpaired) electrons. The van der Waals surface area contributed by atoms with Crippen molar-refractivity contribution in [3.63, 3.8) is 0 Å². The van der Waals surface area contributed by atoms with Crippen LogP contribution in [0.25, 0.3) is 33.5 Å². The molecule has 7 heteroatoms. The first-order valence-electron chi connectivity index (χ1n) is 10.4. The molecule has 0 spiro atoms. The van der Waals surface area contributed by atoms with Crippen LogP contribution in [0, 0.1) is 6.92 Å². The van der Waals surface area contributed by atoms with E-state index >= 15 is 0 Å². The molecule has 1 fully saturated rings. The van der Waals surface area contributed by atoms with Crippen molar-refractivity contribution in [2.45, 2.75) is 32.2 Å². The summed E-state index contributed by atoms with van der Waals surface area (Å²) in [4.78, 5) is 16.2. The average molecular weight is 400 g/mol. The van der Waals surface area contributed by atoms with E-state index in [-0.39, 0.29) is 6.04 Å². The topological polar surface area (TPSA) is 96.6 Å². The normalized spacial score (nSPS) is 17.3. The van der Waals surface area contributed by atoms with E-state index in [1.54, 1.807) is 6.20 Å². The largest absolute Gasteiger partial charge is 0.356 e. The predicted molar refractivity (Wildman–Crippen MR) is 119 cm³/mol. The molecular formula is C23H25N7. The summed E-state index contributed by atoms with van der Waals surface area (Å²) in [7, 11) is 0. The Morgan fingerprint density at radius 2 is 2.03 bits per heavy atom. The van der Waals surface area contributed by atoms with Crippen LogP contribution in [0.2, 0.25) is 0 Å². The molecular weight excluding hydrogens is 374 g/mol. The molecule has 1 aliphatic rings. The number of rotatable bonds is 3. The number of pyridine rings is 3. The molecule has 0 bridgehead atoms.